The van der Waals surface area contributed by atoms with Crippen molar-refractivity contribution < 1.29 is 9.53 Å². The quantitative estimate of drug-likeness (QED) is 0.584. The molecule has 0 bridgehead atoms. The number of rotatable bonds is 9. The Morgan fingerprint density at radius 3 is 2.35 bits per heavy atom. The number of carbonyl (C=O) groups is 1. The molecule has 0 radical (unpaired) electrons. The first kappa shape index (κ1) is 19.1. The minimum Gasteiger partial charge on any atom is -0.444 e. The molecule has 1 amide bonds. The van der Waals surface area contributed by atoms with Crippen molar-refractivity contribution in [3.8, 4) is 0 Å². The Morgan fingerprint density at radius 1 is 1.30 bits per heavy atom. The second-order valence-corrected chi connectivity index (χ2v) is 5.80. The van der Waals surface area contributed by atoms with Gasteiger partial charge < -0.3 is 26.0 Å². The number of nitrogens with two attached hydrogens (primary N) is 1. The summed E-state index contributed by atoms with van der Waals surface area (Å²) in [6.07, 6.45) is -0.401. The molecule has 1 atom stereocenters. The number of ether oxygens (including phenoxy) is 1. The van der Waals surface area contributed by atoms with Crippen LogP contribution in [0, 0.1) is 0 Å². The normalized spacial score (nSPS) is 13.3. The summed E-state index contributed by atoms with van der Waals surface area (Å²) in [7, 11) is 0. The molecule has 6 nitrogen and oxygen atoms in total. The fraction of sp³-hybridized carbons (Fsp3) is 0.929. The van der Waals surface area contributed by atoms with Gasteiger partial charge in [0.05, 0.1) is 0 Å². The highest BCUT2D eigenvalue weighted by Gasteiger charge is 2.16. The van der Waals surface area contributed by atoms with Gasteiger partial charge in [0.1, 0.15) is 5.60 Å². The largest absolute Gasteiger partial charge is 0.444 e. The van der Waals surface area contributed by atoms with Crippen LogP contribution in [-0.2, 0) is 4.74 Å². The summed E-state index contributed by atoms with van der Waals surface area (Å²) in [5, 5.41) is 6.09. The third-order valence-electron chi connectivity index (χ3n) is 2.93. The summed E-state index contributed by atoms with van der Waals surface area (Å²) in [5.74, 6) is 0. The fourth-order valence-electron chi connectivity index (χ4n) is 1.73. The Hall–Kier alpha value is -0.850. The van der Waals surface area contributed by atoms with E-state index < -0.39 is 11.7 Å². The average molecular weight is 288 g/mol. The van der Waals surface area contributed by atoms with Gasteiger partial charge in [0.2, 0.25) is 0 Å². The smallest absolute Gasteiger partial charge is 0.407 e. The van der Waals surface area contributed by atoms with E-state index in [4.69, 9.17) is 10.5 Å². The molecule has 0 aliphatic rings. The second-order valence-electron chi connectivity index (χ2n) is 5.80. The van der Waals surface area contributed by atoms with Crippen molar-refractivity contribution >= 4 is 6.09 Å². The maximum absolute atomic E-state index is 11.5. The van der Waals surface area contributed by atoms with Crippen LogP contribution < -0.4 is 16.4 Å². The van der Waals surface area contributed by atoms with Crippen LogP contribution in [0.1, 0.15) is 34.6 Å². The van der Waals surface area contributed by atoms with Crippen molar-refractivity contribution in [1.29, 1.82) is 0 Å². The topological polar surface area (TPSA) is 79.6 Å². The van der Waals surface area contributed by atoms with Crippen LogP contribution in [0.25, 0.3) is 0 Å². The fourth-order valence-corrected chi connectivity index (χ4v) is 1.73. The average Bonchev–Trinajstić information content (AvgIpc) is 2.36. The highest BCUT2D eigenvalue weighted by molar-refractivity contribution is 5.67. The van der Waals surface area contributed by atoms with Crippen molar-refractivity contribution in [3.05, 3.63) is 0 Å². The molecule has 1 unspecified atom stereocenters. The molecule has 6 heteroatoms. The van der Waals surface area contributed by atoms with E-state index in [1.54, 1.807) is 0 Å². The van der Waals surface area contributed by atoms with E-state index >= 15 is 0 Å². The van der Waals surface area contributed by atoms with Crippen LogP contribution in [-0.4, -0.2) is 61.9 Å². The van der Waals surface area contributed by atoms with E-state index in [-0.39, 0.29) is 6.04 Å². The number of hydrogen-bond donors (Lipinski definition) is 3. The number of nitrogens with zero attached hydrogens (tertiary/aromatic N) is 1. The molecule has 4 N–H and O–H groups in total. The number of carbonyl (C=O) groups excluding carboxylic acids is 1. The van der Waals surface area contributed by atoms with Crippen molar-refractivity contribution in [2.45, 2.75) is 46.3 Å². The summed E-state index contributed by atoms with van der Waals surface area (Å²) in [6, 6.07) is 0.0677. The van der Waals surface area contributed by atoms with E-state index in [2.05, 4.69) is 29.4 Å². The van der Waals surface area contributed by atoms with Crippen molar-refractivity contribution in [3.63, 3.8) is 0 Å². The number of amides is 1. The standard InChI is InChI=1S/C14H32N4O2/c1-6-18(7-2)9-8-16-12(10-15)11-17-13(19)20-14(3,4)5/h12,16H,6-11,15H2,1-5H3,(H,17,19). The van der Waals surface area contributed by atoms with E-state index in [1.807, 2.05) is 20.8 Å². The maximum atomic E-state index is 11.5. The van der Waals surface area contributed by atoms with E-state index in [0.717, 1.165) is 26.2 Å². The first-order valence-corrected chi connectivity index (χ1v) is 7.45. The molecule has 20 heavy (non-hydrogen) atoms. The van der Waals surface area contributed by atoms with Gasteiger partial charge in [-0.1, -0.05) is 13.8 Å². The first-order valence-electron chi connectivity index (χ1n) is 7.45. The summed E-state index contributed by atoms with van der Waals surface area (Å²) >= 11 is 0. The number of alkyl carbamates (subject to hydrolysis) is 1. The minimum atomic E-state index is -0.474. The third kappa shape index (κ3) is 10.00. The molecule has 0 heterocycles. The SMILES string of the molecule is CCN(CC)CCNC(CN)CNC(=O)OC(C)(C)C. The van der Waals surface area contributed by atoms with Crippen molar-refractivity contribution in [2.75, 3.05) is 39.3 Å². The van der Waals surface area contributed by atoms with Crippen molar-refractivity contribution in [2.24, 2.45) is 5.73 Å². The number of hydrogen-bond acceptors (Lipinski definition) is 5. The molecule has 0 saturated heterocycles. The predicted octanol–water partition coefficient (Wildman–Crippen LogP) is 0.770. The zero-order valence-corrected chi connectivity index (χ0v) is 13.7. The number of nitrogens with one attached hydrogen (secondary N) is 2. The second kappa shape index (κ2) is 9.96. The third-order valence-corrected chi connectivity index (χ3v) is 2.93. The van der Waals surface area contributed by atoms with Crippen LogP contribution in [0.4, 0.5) is 4.79 Å². The zero-order chi connectivity index (χ0) is 15.6. The summed E-state index contributed by atoms with van der Waals surface area (Å²) < 4.78 is 5.18. The molecule has 0 aromatic rings. The molecular formula is C14H32N4O2. The molecule has 0 spiro atoms. The molecule has 0 aromatic heterocycles. The lowest BCUT2D eigenvalue weighted by atomic mass is 10.2. The molecular weight excluding hydrogens is 256 g/mol. The zero-order valence-electron chi connectivity index (χ0n) is 13.7. The number of likely N-dealkylation sites (N-methyl/N-ethyl adjacent to an activating group) is 1. The molecule has 0 rings (SSSR count). The van der Waals surface area contributed by atoms with E-state index in [1.165, 1.54) is 0 Å². The molecule has 0 fully saturated rings. The molecule has 0 aromatic carbocycles. The highest BCUT2D eigenvalue weighted by atomic mass is 16.6. The van der Waals surface area contributed by atoms with Gasteiger partial charge in [-0.2, -0.15) is 0 Å². The van der Waals surface area contributed by atoms with Gasteiger partial charge in [-0.05, 0) is 33.9 Å². The molecule has 0 aliphatic carbocycles. The van der Waals surface area contributed by atoms with Crippen LogP contribution in [0.15, 0.2) is 0 Å². The highest BCUT2D eigenvalue weighted by Crippen LogP contribution is 2.06. The molecule has 0 saturated carbocycles. The van der Waals surface area contributed by atoms with Crippen LogP contribution in [0.2, 0.25) is 0 Å². The van der Waals surface area contributed by atoms with Gasteiger partial charge >= 0.3 is 6.09 Å². The minimum absolute atomic E-state index is 0.0677. The lowest BCUT2D eigenvalue weighted by molar-refractivity contribution is 0.0523. The Kier molecular flexibility index (Phi) is 9.54. The predicted molar refractivity (Wildman–Crippen MR) is 82.9 cm³/mol. The van der Waals surface area contributed by atoms with Crippen LogP contribution in [0.5, 0.6) is 0 Å². The lowest BCUT2D eigenvalue weighted by Gasteiger charge is -2.23. The van der Waals surface area contributed by atoms with Gasteiger partial charge in [0.15, 0.2) is 0 Å². The van der Waals surface area contributed by atoms with Gasteiger partial charge in [0.25, 0.3) is 0 Å². The monoisotopic (exact) mass is 288 g/mol. The van der Waals surface area contributed by atoms with E-state index in [9.17, 15) is 4.79 Å². The summed E-state index contributed by atoms with van der Waals surface area (Å²) in [6.45, 7) is 14.7. The van der Waals surface area contributed by atoms with Gasteiger partial charge in [0, 0.05) is 32.2 Å². The Morgan fingerprint density at radius 2 is 1.90 bits per heavy atom. The van der Waals surface area contributed by atoms with Gasteiger partial charge in [-0.15, -0.1) is 0 Å². The molecule has 120 valence electrons. The maximum Gasteiger partial charge on any atom is 0.407 e. The Labute approximate surface area is 123 Å². The van der Waals surface area contributed by atoms with Crippen LogP contribution >= 0.6 is 0 Å². The van der Waals surface area contributed by atoms with Gasteiger partial charge in [-0.25, -0.2) is 4.79 Å². The lowest BCUT2D eigenvalue weighted by Crippen LogP contribution is -2.48. The van der Waals surface area contributed by atoms with Crippen LogP contribution in [0.3, 0.4) is 0 Å². The summed E-state index contributed by atoms with van der Waals surface area (Å²) in [5.41, 5.74) is 5.23. The van der Waals surface area contributed by atoms with Crippen molar-refractivity contribution in [1.82, 2.24) is 15.5 Å². The molecule has 0 aliphatic heterocycles. The Bertz CT molecular complexity index is 262. The first-order chi connectivity index (χ1) is 9.32. The summed E-state index contributed by atoms with van der Waals surface area (Å²) in [4.78, 5) is 13.9. The Balaban J connectivity index is 3.89. The van der Waals surface area contributed by atoms with E-state index in [0.29, 0.717) is 13.1 Å². The van der Waals surface area contributed by atoms with Gasteiger partial charge in [-0.3, -0.25) is 0 Å².